The minimum atomic E-state index is -0.740. The van der Waals surface area contributed by atoms with Gasteiger partial charge in [-0.1, -0.05) is 31.0 Å². The smallest absolute Gasteiger partial charge is 0.303 e. The normalized spacial score (nSPS) is 17.2. The van der Waals surface area contributed by atoms with Crippen LogP contribution in [0.1, 0.15) is 38.5 Å². The summed E-state index contributed by atoms with van der Waals surface area (Å²) in [5.41, 5.74) is 0. The van der Waals surface area contributed by atoms with Crippen LogP contribution in [0, 0.1) is 0 Å². The van der Waals surface area contributed by atoms with Crippen molar-refractivity contribution in [3.8, 4) is 5.75 Å². The number of carbonyl (C=O) groups is 2. The molecule has 2 rings (SSSR count). The van der Waals surface area contributed by atoms with Crippen LogP contribution in [0.25, 0.3) is 0 Å². The van der Waals surface area contributed by atoms with Gasteiger partial charge in [-0.3, -0.25) is 9.59 Å². The van der Waals surface area contributed by atoms with Crippen LogP contribution >= 0.6 is 0 Å². The van der Waals surface area contributed by atoms with Gasteiger partial charge in [-0.05, 0) is 25.0 Å². The highest BCUT2D eigenvalue weighted by Gasteiger charge is 2.35. The number of aliphatic carboxylic acids is 1. The van der Waals surface area contributed by atoms with E-state index < -0.39 is 5.97 Å². The van der Waals surface area contributed by atoms with E-state index >= 15 is 0 Å². The maximum atomic E-state index is 11.7. The average molecular weight is 305 g/mol. The number of nitrogens with zero attached hydrogens (tertiary/aromatic N) is 1. The lowest BCUT2D eigenvalue weighted by molar-refractivity contribution is -0.147. The lowest BCUT2D eigenvalue weighted by Crippen LogP contribution is -2.55. The molecule has 1 N–H and O–H groups in total. The molecule has 0 aliphatic carbocycles. The monoisotopic (exact) mass is 305 g/mol. The second kappa shape index (κ2) is 8.41. The molecule has 0 radical (unpaired) electrons. The fourth-order valence-corrected chi connectivity index (χ4v) is 2.60. The van der Waals surface area contributed by atoms with E-state index in [1.165, 1.54) is 0 Å². The third kappa shape index (κ3) is 5.06. The number of ether oxygens (including phenoxy) is 1. The Bertz CT molecular complexity index is 489. The molecule has 1 atom stereocenters. The molecule has 1 heterocycles. The lowest BCUT2D eigenvalue weighted by Gasteiger charge is -2.40. The summed E-state index contributed by atoms with van der Waals surface area (Å²) in [6.07, 6.45) is 4.29. The fraction of sp³-hybridized carbons (Fsp3) is 0.529. The number of likely N-dealkylation sites (tertiary alicyclic amines) is 1. The third-order valence-corrected chi connectivity index (χ3v) is 3.90. The molecule has 1 aromatic carbocycles. The van der Waals surface area contributed by atoms with Crippen LogP contribution in [-0.2, 0) is 9.59 Å². The summed E-state index contributed by atoms with van der Waals surface area (Å²) >= 11 is 0. The molecule has 0 aromatic heterocycles. The molecule has 1 amide bonds. The molecule has 22 heavy (non-hydrogen) atoms. The highest BCUT2D eigenvalue weighted by atomic mass is 16.5. The number of hydrogen-bond acceptors (Lipinski definition) is 3. The summed E-state index contributed by atoms with van der Waals surface area (Å²) in [6, 6.07) is 9.79. The number of unbranched alkanes of at least 4 members (excludes halogenated alkanes) is 3. The van der Waals surface area contributed by atoms with Crippen molar-refractivity contribution in [2.45, 2.75) is 44.6 Å². The molecule has 1 saturated heterocycles. The Morgan fingerprint density at radius 2 is 1.91 bits per heavy atom. The van der Waals surface area contributed by atoms with Gasteiger partial charge in [0.05, 0.1) is 12.5 Å². The van der Waals surface area contributed by atoms with Crippen molar-refractivity contribution in [2.24, 2.45) is 0 Å². The van der Waals surface area contributed by atoms with Gasteiger partial charge in [-0.25, -0.2) is 0 Å². The Kier molecular flexibility index (Phi) is 6.25. The molecule has 1 fully saturated rings. The first-order valence-electron chi connectivity index (χ1n) is 7.86. The van der Waals surface area contributed by atoms with Crippen LogP contribution in [0.2, 0.25) is 0 Å². The second-order valence-electron chi connectivity index (χ2n) is 5.63. The van der Waals surface area contributed by atoms with Gasteiger partial charge >= 0.3 is 5.97 Å². The maximum absolute atomic E-state index is 11.7. The number of benzene rings is 1. The van der Waals surface area contributed by atoms with Gasteiger partial charge in [0.2, 0.25) is 5.91 Å². The third-order valence-electron chi connectivity index (χ3n) is 3.90. The molecule has 120 valence electrons. The number of carbonyl (C=O) groups excluding carboxylic acids is 1. The van der Waals surface area contributed by atoms with Crippen LogP contribution in [-0.4, -0.2) is 41.1 Å². The zero-order valence-corrected chi connectivity index (χ0v) is 12.7. The van der Waals surface area contributed by atoms with Crippen molar-refractivity contribution >= 4 is 11.9 Å². The molecular weight excluding hydrogens is 282 g/mol. The number of carboxylic acid groups (broad SMARTS) is 1. The quantitative estimate of drug-likeness (QED) is 0.533. The van der Waals surface area contributed by atoms with E-state index in [0.717, 1.165) is 31.6 Å². The molecular formula is C17H23NO4. The van der Waals surface area contributed by atoms with Crippen LogP contribution in [0.15, 0.2) is 30.3 Å². The summed E-state index contributed by atoms with van der Waals surface area (Å²) in [4.78, 5) is 23.9. The summed E-state index contributed by atoms with van der Waals surface area (Å²) < 4.78 is 5.70. The van der Waals surface area contributed by atoms with E-state index in [1.54, 1.807) is 0 Å². The fourth-order valence-electron chi connectivity index (χ4n) is 2.60. The van der Waals surface area contributed by atoms with Crippen LogP contribution < -0.4 is 4.74 Å². The van der Waals surface area contributed by atoms with Crippen LogP contribution in [0.3, 0.4) is 0 Å². The molecule has 1 aliphatic rings. The number of amides is 1. The molecule has 1 aliphatic heterocycles. The van der Waals surface area contributed by atoms with Crippen molar-refractivity contribution in [2.75, 3.05) is 13.2 Å². The maximum Gasteiger partial charge on any atom is 0.303 e. The summed E-state index contributed by atoms with van der Waals surface area (Å²) in [5.74, 6) is 0.277. The first-order chi connectivity index (χ1) is 10.7. The Labute approximate surface area is 130 Å². The Balaban J connectivity index is 1.61. The molecule has 0 bridgehead atoms. The average Bonchev–Trinajstić information content (AvgIpc) is 2.51. The SMILES string of the molecule is O=C(O)CCCCCCN1C(=O)C[C@@H]1COc1ccccc1. The van der Waals surface area contributed by atoms with Crippen LogP contribution in [0.4, 0.5) is 0 Å². The van der Waals surface area contributed by atoms with E-state index in [1.807, 2.05) is 35.2 Å². The van der Waals surface area contributed by atoms with E-state index in [-0.39, 0.29) is 18.4 Å². The molecule has 0 saturated carbocycles. The molecule has 0 spiro atoms. The minimum Gasteiger partial charge on any atom is -0.491 e. The Morgan fingerprint density at radius 3 is 2.59 bits per heavy atom. The minimum absolute atomic E-state index is 0.173. The van der Waals surface area contributed by atoms with Gasteiger partial charge < -0.3 is 14.7 Å². The van der Waals surface area contributed by atoms with Crippen molar-refractivity contribution in [3.05, 3.63) is 30.3 Å². The summed E-state index contributed by atoms with van der Waals surface area (Å²) in [6.45, 7) is 1.28. The lowest BCUT2D eigenvalue weighted by atomic mass is 10.0. The predicted octanol–water partition coefficient (Wildman–Crippen LogP) is 2.70. The summed E-state index contributed by atoms with van der Waals surface area (Å²) in [5, 5.41) is 8.56. The summed E-state index contributed by atoms with van der Waals surface area (Å²) in [7, 11) is 0. The van der Waals surface area contributed by atoms with Crippen molar-refractivity contribution in [1.82, 2.24) is 4.90 Å². The van der Waals surface area contributed by atoms with E-state index in [2.05, 4.69) is 0 Å². The van der Waals surface area contributed by atoms with Gasteiger partial charge in [0.25, 0.3) is 0 Å². The van der Waals surface area contributed by atoms with Crippen molar-refractivity contribution < 1.29 is 19.4 Å². The molecule has 0 unspecified atom stereocenters. The number of para-hydroxylation sites is 1. The van der Waals surface area contributed by atoms with Crippen molar-refractivity contribution in [3.63, 3.8) is 0 Å². The molecule has 1 aromatic rings. The van der Waals surface area contributed by atoms with Gasteiger partial charge in [0.1, 0.15) is 12.4 Å². The largest absolute Gasteiger partial charge is 0.491 e. The Morgan fingerprint density at radius 1 is 1.18 bits per heavy atom. The number of β-lactam (4-membered cyclic amide) rings is 1. The predicted molar refractivity (Wildman–Crippen MR) is 82.8 cm³/mol. The Hall–Kier alpha value is -2.04. The van der Waals surface area contributed by atoms with E-state index in [4.69, 9.17) is 9.84 Å². The second-order valence-corrected chi connectivity index (χ2v) is 5.63. The first-order valence-corrected chi connectivity index (χ1v) is 7.86. The highest BCUT2D eigenvalue weighted by molar-refractivity contribution is 5.83. The van der Waals surface area contributed by atoms with Gasteiger partial charge in [0.15, 0.2) is 0 Å². The van der Waals surface area contributed by atoms with E-state index in [0.29, 0.717) is 19.4 Å². The van der Waals surface area contributed by atoms with Gasteiger partial charge in [-0.2, -0.15) is 0 Å². The molecule has 5 nitrogen and oxygen atoms in total. The van der Waals surface area contributed by atoms with Crippen LogP contribution in [0.5, 0.6) is 5.75 Å². The first kappa shape index (κ1) is 16.3. The zero-order chi connectivity index (χ0) is 15.8. The molecule has 5 heteroatoms. The van der Waals surface area contributed by atoms with Gasteiger partial charge in [0, 0.05) is 13.0 Å². The van der Waals surface area contributed by atoms with Gasteiger partial charge in [-0.15, -0.1) is 0 Å². The van der Waals surface area contributed by atoms with Crippen molar-refractivity contribution in [1.29, 1.82) is 0 Å². The zero-order valence-electron chi connectivity index (χ0n) is 12.7. The van der Waals surface area contributed by atoms with E-state index in [9.17, 15) is 9.59 Å². The standard InChI is InChI=1S/C17H23NO4/c19-16-12-14(13-22-15-8-4-3-5-9-15)18(16)11-7-2-1-6-10-17(20)21/h3-5,8-9,14H,1-2,6-7,10-13H2,(H,20,21)/t14-/m1/s1. The number of carboxylic acids is 1. The topological polar surface area (TPSA) is 66.8 Å². The number of hydrogen-bond donors (Lipinski definition) is 1. The number of rotatable bonds is 10. The highest BCUT2D eigenvalue weighted by Crippen LogP contribution is 2.21.